The van der Waals surface area contributed by atoms with Crippen LogP contribution in [0.4, 0.5) is 0 Å². The molecule has 2 rings (SSSR count). The minimum absolute atomic E-state index is 0.253. The minimum Gasteiger partial charge on any atom is -0.394 e. The quantitative estimate of drug-likeness (QED) is 0.0334. The molecule has 2 saturated heterocycles. The van der Waals surface area contributed by atoms with Gasteiger partial charge in [-0.25, -0.2) is 0 Å². The summed E-state index contributed by atoms with van der Waals surface area (Å²) >= 11 is 0. The van der Waals surface area contributed by atoms with Crippen LogP contribution in [0.25, 0.3) is 0 Å². The van der Waals surface area contributed by atoms with E-state index in [1.54, 1.807) is 6.08 Å². The van der Waals surface area contributed by atoms with E-state index >= 15 is 0 Å². The van der Waals surface area contributed by atoms with Gasteiger partial charge in [-0.05, 0) is 44.9 Å². The predicted molar refractivity (Wildman–Crippen MR) is 221 cm³/mol. The molecular weight excluding hydrogens is 750 g/mol. The van der Waals surface area contributed by atoms with Crippen LogP contribution in [0.2, 0.25) is 0 Å². The van der Waals surface area contributed by atoms with Gasteiger partial charge in [-0.2, -0.15) is 0 Å². The molecule has 2 fully saturated rings. The van der Waals surface area contributed by atoms with Crippen molar-refractivity contribution in [3.63, 3.8) is 0 Å². The standard InChI is InChI=1S/C44H81NO13/c1-3-5-7-9-11-13-15-17-19-21-23-25-27-33(48)32(45-36(49)28-26-24-22-20-18-16-14-12-10-8-6-4-2)31-55-43-41(54)39(52)42(35(30-47)57-43)58-44-40(53)38(51)37(50)34(29-46)56-44/h12,14,25,27,32-35,37-44,46-48,50-54H,3-11,13,15-24,26,28-31H2,1-2H3,(H,45,49)/b14-12-,27-25+. The number of nitrogens with one attached hydrogen (secondary N) is 1. The first-order valence-corrected chi connectivity index (χ1v) is 22.6. The Hall–Kier alpha value is -1.53. The van der Waals surface area contributed by atoms with Gasteiger partial charge in [0.1, 0.15) is 48.8 Å². The van der Waals surface area contributed by atoms with Gasteiger partial charge in [0, 0.05) is 6.42 Å². The number of aliphatic hydroxyl groups is 8. The maximum absolute atomic E-state index is 13.1. The number of rotatable bonds is 33. The predicted octanol–water partition coefficient (Wildman–Crippen LogP) is 4.21. The number of hydrogen-bond donors (Lipinski definition) is 9. The van der Waals surface area contributed by atoms with Crippen molar-refractivity contribution >= 4 is 5.91 Å². The summed E-state index contributed by atoms with van der Waals surface area (Å²) in [5.41, 5.74) is 0. The molecule has 0 aromatic carbocycles. The largest absolute Gasteiger partial charge is 0.394 e. The Morgan fingerprint density at radius 2 is 1.09 bits per heavy atom. The summed E-state index contributed by atoms with van der Waals surface area (Å²) in [7, 11) is 0. The molecule has 0 aliphatic carbocycles. The van der Waals surface area contributed by atoms with E-state index in [0.29, 0.717) is 6.42 Å². The molecule has 0 spiro atoms. The molecule has 0 bridgehead atoms. The lowest BCUT2D eigenvalue weighted by Gasteiger charge is -2.46. The van der Waals surface area contributed by atoms with Crippen LogP contribution in [0.5, 0.6) is 0 Å². The summed E-state index contributed by atoms with van der Waals surface area (Å²) in [6.07, 6.45) is 15.1. The fourth-order valence-corrected chi connectivity index (χ4v) is 7.34. The van der Waals surface area contributed by atoms with Gasteiger partial charge in [-0.3, -0.25) is 4.79 Å². The molecule has 14 nitrogen and oxygen atoms in total. The Bertz CT molecular complexity index is 1080. The maximum atomic E-state index is 13.1. The molecule has 58 heavy (non-hydrogen) atoms. The number of unbranched alkanes of at least 4 members (excludes halogenated alkanes) is 18. The molecule has 2 aliphatic rings. The molecule has 0 saturated carbocycles. The zero-order valence-corrected chi connectivity index (χ0v) is 35.5. The number of ether oxygens (including phenoxy) is 4. The summed E-state index contributed by atoms with van der Waals surface area (Å²) in [5, 5.41) is 86.3. The van der Waals surface area contributed by atoms with Crippen molar-refractivity contribution in [3.8, 4) is 0 Å². The van der Waals surface area contributed by atoms with Crippen molar-refractivity contribution in [2.75, 3.05) is 19.8 Å². The zero-order valence-electron chi connectivity index (χ0n) is 35.5. The highest BCUT2D eigenvalue weighted by molar-refractivity contribution is 5.76. The highest BCUT2D eigenvalue weighted by Crippen LogP contribution is 2.30. The molecule has 2 aliphatic heterocycles. The van der Waals surface area contributed by atoms with Crippen molar-refractivity contribution in [3.05, 3.63) is 24.3 Å². The number of hydrogen-bond acceptors (Lipinski definition) is 13. The van der Waals surface area contributed by atoms with Gasteiger partial charge in [-0.1, -0.05) is 128 Å². The van der Waals surface area contributed by atoms with Crippen molar-refractivity contribution in [1.82, 2.24) is 5.32 Å². The Balaban J connectivity index is 1.92. The molecule has 340 valence electrons. The normalized spacial score (nSPS) is 29.0. The smallest absolute Gasteiger partial charge is 0.220 e. The highest BCUT2D eigenvalue weighted by atomic mass is 16.7. The number of carbonyl (C=O) groups is 1. The van der Waals surface area contributed by atoms with Crippen molar-refractivity contribution in [1.29, 1.82) is 0 Å². The van der Waals surface area contributed by atoms with Crippen LogP contribution in [0, 0.1) is 0 Å². The molecule has 12 unspecified atom stereocenters. The molecule has 0 aromatic rings. The Morgan fingerprint density at radius 3 is 1.67 bits per heavy atom. The maximum Gasteiger partial charge on any atom is 0.220 e. The first kappa shape index (κ1) is 52.6. The van der Waals surface area contributed by atoms with Crippen LogP contribution in [-0.4, -0.2) is 140 Å². The van der Waals surface area contributed by atoms with Crippen molar-refractivity contribution in [2.45, 2.75) is 229 Å². The fourth-order valence-electron chi connectivity index (χ4n) is 7.34. The molecule has 1 amide bonds. The number of carbonyl (C=O) groups excluding carboxylic acids is 1. The third kappa shape index (κ3) is 20.4. The van der Waals surface area contributed by atoms with Crippen molar-refractivity contribution < 1.29 is 64.6 Å². The first-order valence-electron chi connectivity index (χ1n) is 22.6. The third-order valence-electron chi connectivity index (χ3n) is 11.1. The van der Waals surface area contributed by atoms with E-state index in [1.807, 2.05) is 6.08 Å². The SMILES string of the molecule is CCCCC/C=C\CCCCCCCC(=O)NC(COC1OC(CO)C(OC2OC(CO)C(O)C(O)C2O)C(O)C1O)C(O)/C=C/CCCCCCCCCCCC. The molecule has 0 aromatic heterocycles. The van der Waals surface area contributed by atoms with Gasteiger partial charge in [0.2, 0.25) is 5.91 Å². The van der Waals surface area contributed by atoms with Gasteiger partial charge < -0.3 is 65.1 Å². The second-order valence-electron chi connectivity index (χ2n) is 16.2. The lowest BCUT2D eigenvalue weighted by atomic mass is 9.97. The van der Waals surface area contributed by atoms with Crippen LogP contribution < -0.4 is 5.32 Å². The van der Waals surface area contributed by atoms with Crippen LogP contribution in [0.15, 0.2) is 24.3 Å². The third-order valence-corrected chi connectivity index (χ3v) is 11.1. The number of amides is 1. The Labute approximate surface area is 348 Å². The van der Waals surface area contributed by atoms with Gasteiger partial charge in [0.15, 0.2) is 12.6 Å². The van der Waals surface area contributed by atoms with E-state index in [1.165, 1.54) is 70.6 Å². The topological polar surface area (TPSA) is 228 Å². The molecule has 0 radical (unpaired) electrons. The summed E-state index contributed by atoms with van der Waals surface area (Å²) in [4.78, 5) is 13.1. The molecule has 9 N–H and O–H groups in total. The number of allylic oxidation sites excluding steroid dienone is 3. The van der Waals surface area contributed by atoms with Gasteiger partial charge in [0.05, 0.1) is 32.0 Å². The summed E-state index contributed by atoms with van der Waals surface area (Å²) < 4.78 is 22.6. The summed E-state index contributed by atoms with van der Waals surface area (Å²) in [6, 6.07) is -0.913. The average molecular weight is 832 g/mol. The first-order chi connectivity index (χ1) is 28.1. The van der Waals surface area contributed by atoms with E-state index in [-0.39, 0.29) is 18.9 Å². The van der Waals surface area contributed by atoms with Gasteiger partial charge in [-0.15, -0.1) is 0 Å². The lowest BCUT2D eigenvalue weighted by molar-refractivity contribution is -0.359. The Kier molecular flexibility index (Phi) is 29.2. The second-order valence-corrected chi connectivity index (χ2v) is 16.2. The minimum atomic E-state index is -1.79. The van der Waals surface area contributed by atoms with E-state index < -0.39 is 86.8 Å². The number of aliphatic hydroxyl groups excluding tert-OH is 8. The highest BCUT2D eigenvalue weighted by Gasteiger charge is 2.50. The average Bonchev–Trinajstić information content (AvgIpc) is 3.22. The summed E-state index contributed by atoms with van der Waals surface area (Å²) in [6.45, 7) is 2.71. The molecular formula is C44H81NO13. The van der Waals surface area contributed by atoms with E-state index in [0.717, 1.165) is 57.8 Å². The monoisotopic (exact) mass is 832 g/mol. The zero-order chi connectivity index (χ0) is 42.5. The lowest BCUT2D eigenvalue weighted by Crippen LogP contribution is -2.65. The van der Waals surface area contributed by atoms with E-state index in [9.17, 15) is 45.6 Å². The van der Waals surface area contributed by atoms with Crippen LogP contribution in [0.3, 0.4) is 0 Å². The molecule has 12 atom stereocenters. The van der Waals surface area contributed by atoms with Crippen LogP contribution in [-0.2, 0) is 23.7 Å². The van der Waals surface area contributed by atoms with E-state index in [4.69, 9.17) is 18.9 Å². The molecule has 2 heterocycles. The summed E-state index contributed by atoms with van der Waals surface area (Å²) in [5.74, 6) is -0.253. The van der Waals surface area contributed by atoms with Gasteiger partial charge >= 0.3 is 0 Å². The fraction of sp³-hybridized carbons (Fsp3) is 0.886. The van der Waals surface area contributed by atoms with Crippen LogP contribution in [0.1, 0.15) is 155 Å². The van der Waals surface area contributed by atoms with E-state index in [2.05, 4.69) is 31.3 Å². The van der Waals surface area contributed by atoms with Crippen LogP contribution >= 0.6 is 0 Å². The Morgan fingerprint density at radius 1 is 0.603 bits per heavy atom. The van der Waals surface area contributed by atoms with Crippen molar-refractivity contribution in [2.24, 2.45) is 0 Å². The van der Waals surface area contributed by atoms with Gasteiger partial charge in [0.25, 0.3) is 0 Å². The second kappa shape index (κ2) is 32.2. The molecule has 14 heteroatoms.